The molecule has 5 heteroatoms. The van der Waals surface area contributed by atoms with E-state index in [1.54, 1.807) is 6.20 Å². The van der Waals surface area contributed by atoms with Crippen LogP contribution in [0.2, 0.25) is 0 Å². The lowest BCUT2D eigenvalue weighted by Gasteiger charge is -2.52. The van der Waals surface area contributed by atoms with E-state index in [4.69, 9.17) is 5.11 Å². The summed E-state index contributed by atoms with van der Waals surface area (Å²) >= 11 is 0. The topological polar surface area (TPSA) is 65.5 Å². The number of carbonyl (C=O) groups excluding carboxylic acids is 1. The summed E-state index contributed by atoms with van der Waals surface area (Å²) in [4.78, 5) is 19.0. The number of fused-ring (bicyclic) bond motifs is 2. The van der Waals surface area contributed by atoms with Crippen molar-refractivity contribution in [3.8, 4) is 11.3 Å². The third kappa shape index (κ3) is 3.51. The SMILES string of the molecule is CO.Cc1ccc(NC(=O)N2C3CCC[C@@H]2C3)cc1-c1ccccn1. The minimum Gasteiger partial charge on any atom is -0.400 e. The first kappa shape index (κ1) is 17.4. The highest BCUT2D eigenvalue weighted by molar-refractivity contribution is 5.91. The highest BCUT2D eigenvalue weighted by atomic mass is 16.2. The molecule has 2 aliphatic heterocycles. The molecule has 132 valence electrons. The van der Waals surface area contributed by atoms with Crippen LogP contribution in [-0.4, -0.2) is 40.2 Å². The normalized spacial score (nSPS) is 20.8. The lowest BCUT2D eigenvalue weighted by atomic mass is 9.80. The Labute approximate surface area is 148 Å². The van der Waals surface area contributed by atoms with Gasteiger partial charge in [-0.05, 0) is 62.4 Å². The van der Waals surface area contributed by atoms with Crippen LogP contribution in [0.4, 0.5) is 10.5 Å². The van der Waals surface area contributed by atoms with E-state index in [-0.39, 0.29) is 6.03 Å². The molecule has 2 N–H and O–H groups in total. The molecule has 1 aromatic heterocycles. The van der Waals surface area contributed by atoms with E-state index in [0.717, 1.165) is 42.5 Å². The van der Waals surface area contributed by atoms with Crippen LogP contribution in [0.3, 0.4) is 0 Å². The Morgan fingerprint density at radius 3 is 2.60 bits per heavy atom. The van der Waals surface area contributed by atoms with Crippen LogP contribution in [-0.2, 0) is 0 Å². The summed E-state index contributed by atoms with van der Waals surface area (Å²) in [6, 6.07) is 12.9. The van der Waals surface area contributed by atoms with Crippen molar-refractivity contribution in [1.29, 1.82) is 0 Å². The number of aliphatic hydroxyl groups is 1. The number of piperidine rings is 1. The van der Waals surface area contributed by atoms with Gasteiger partial charge in [0.15, 0.2) is 0 Å². The van der Waals surface area contributed by atoms with Crippen molar-refractivity contribution in [2.24, 2.45) is 0 Å². The molecule has 1 aromatic carbocycles. The first-order chi connectivity index (χ1) is 12.2. The number of carbonyl (C=O) groups is 1. The van der Waals surface area contributed by atoms with E-state index in [2.05, 4.69) is 17.2 Å². The number of aryl methyl sites for hydroxylation is 1. The minimum absolute atomic E-state index is 0.0433. The number of amides is 2. The molecule has 1 unspecified atom stereocenters. The van der Waals surface area contributed by atoms with Crippen molar-refractivity contribution in [1.82, 2.24) is 9.88 Å². The fourth-order valence-electron chi connectivity index (χ4n) is 3.82. The second kappa shape index (κ2) is 7.66. The van der Waals surface area contributed by atoms with E-state index < -0.39 is 0 Å². The second-order valence-corrected chi connectivity index (χ2v) is 6.56. The maximum atomic E-state index is 12.5. The van der Waals surface area contributed by atoms with Gasteiger partial charge in [-0.15, -0.1) is 0 Å². The summed E-state index contributed by atoms with van der Waals surface area (Å²) in [7, 11) is 1.00. The van der Waals surface area contributed by atoms with Gasteiger partial charge in [-0.1, -0.05) is 12.1 Å². The van der Waals surface area contributed by atoms with E-state index >= 15 is 0 Å². The number of aliphatic hydroxyl groups excluding tert-OH is 1. The fraction of sp³-hybridized carbons (Fsp3) is 0.400. The van der Waals surface area contributed by atoms with Crippen LogP contribution in [0.15, 0.2) is 42.6 Å². The molecule has 0 radical (unpaired) electrons. The van der Waals surface area contributed by atoms with Crippen LogP contribution in [0.5, 0.6) is 0 Å². The van der Waals surface area contributed by atoms with Gasteiger partial charge in [0, 0.05) is 36.6 Å². The van der Waals surface area contributed by atoms with Gasteiger partial charge in [-0.25, -0.2) is 4.79 Å². The van der Waals surface area contributed by atoms with Gasteiger partial charge in [-0.3, -0.25) is 4.98 Å². The molecule has 0 spiro atoms. The Morgan fingerprint density at radius 2 is 1.96 bits per heavy atom. The van der Waals surface area contributed by atoms with Gasteiger partial charge in [0.1, 0.15) is 0 Å². The lowest BCUT2D eigenvalue weighted by molar-refractivity contribution is 0.0173. The second-order valence-electron chi connectivity index (χ2n) is 6.56. The van der Waals surface area contributed by atoms with Crippen LogP contribution in [0.1, 0.15) is 31.2 Å². The van der Waals surface area contributed by atoms with E-state index in [0.29, 0.717) is 12.1 Å². The fourth-order valence-corrected chi connectivity index (χ4v) is 3.82. The first-order valence-electron chi connectivity index (χ1n) is 8.78. The van der Waals surface area contributed by atoms with Crippen molar-refractivity contribution in [2.75, 3.05) is 12.4 Å². The maximum Gasteiger partial charge on any atom is 0.322 e. The Morgan fingerprint density at radius 1 is 1.20 bits per heavy atom. The Bertz CT molecular complexity index is 719. The van der Waals surface area contributed by atoms with Crippen molar-refractivity contribution in [3.63, 3.8) is 0 Å². The zero-order valence-electron chi connectivity index (χ0n) is 14.8. The van der Waals surface area contributed by atoms with Crippen LogP contribution < -0.4 is 5.32 Å². The number of nitrogens with zero attached hydrogens (tertiary/aromatic N) is 2. The number of hydrogen-bond donors (Lipinski definition) is 2. The molecule has 0 aliphatic carbocycles. The highest BCUT2D eigenvalue weighted by Gasteiger charge is 2.44. The molecule has 2 bridgehead atoms. The molecule has 2 saturated heterocycles. The summed E-state index contributed by atoms with van der Waals surface area (Å²) < 4.78 is 0. The standard InChI is InChI=1S/C19H21N3O.CH4O/c1-13-8-9-14(11-17(13)18-7-2-3-10-20-18)21-19(23)22-15-5-4-6-16(22)12-15;1-2/h2-3,7-11,15-16H,4-6,12H2,1H3,(H,21,23);2H,1H3/t15-,16?;/m1./s1. The van der Waals surface area contributed by atoms with E-state index in [1.165, 1.54) is 12.8 Å². The number of urea groups is 1. The number of anilines is 1. The summed E-state index contributed by atoms with van der Waals surface area (Å²) in [5, 5.41) is 10.1. The molecular formula is C20H25N3O2. The Balaban J connectivity index is 0.000000880. The number of aromatic nitrogens is 1. The molecule has 2 atom stereocenters. The number of pyridine rings is 1. The van der Waals surface area contributed by atoms with Gasteiger partial charge in [0.25, 0.3) is 0 Å². The summed E-state index contributed by atoms with van der Waals surface area (Å²) in [5.41, 5.74) is 3.99. The summed E-state index contributed by atoms with van der Waals surface area (Å²) in [6.07, 6.45) is 6.53. The van der Waals surface area contributed by atoms with E-state index in [1.807, 2.05) is 41.3 Å². The molecule has 25 heavy (non-hydrogen) atoms. The number of hydrogen-bond acceptors (Lipinski definition) is 3. The first-order valence-corrected chi connectivity index (χ1v) is 8.78. The predicted octanol–water partition coefficient (Wildman–Crippen LogP) is 3.82. The monoisotopic (exact) mass is 339 g/mol. The lowest BCUT2D eigenvalue weighted by Crippen LogP contribution is -2.62. The van der Waals surface area contributed by atoms with Crippen LogP contribution in [0.25, 0.3) is 11.3 Å². The smallest absolute Gasteiger partial charge is 0.322 e. The van der Waals surface area contributed by atoms with Crippen LogP contribution in [0, 0.1) is 6.92 Å². The average Bonchev–Trinajstić information content (AvgIpc) is 2.66. The van der Waals surface area contributed by atoms with Crippen LogP contribution >= 0.6 is 0 Å². The predicted molar refractivity (Wildman–Crippen MR) is 99.5 cm³/mol. The zero-order chi connectivity index (χ0) is 17.8. The van der Waals surface area contributed by atoms with Gasteiger partial charge in [0.2, 0.25) is 0 Å². The molecule has 3 heterocycles. The molecule has 2 fully saturated rings. The van der Waals surface area contributed by atoms with Crippen molar-refractivity contribution in [3.05, 3.63) is 48.2 Å². The van der Waals surface area contributed by atoms with Gasteiger partial charge < -0.3 is 15.3 Å². The van der Waals surface area contributed by atoms with Crippen molar-refractivity contribution in [2.45, 2.75) is 44.7 Å². The van der Waals surface area contributed by atoms with Gasteiger partial charge in [-0.2, -0.15) is 0 Å². The summed E-state index contributed by atoms with van der Waals surface area (Å²) in [6.45, 7) is 2.06. The molecule has 0 saturated carbocycles. The Kier molecular flexibility index (Phi) is 5.34. The molecule has 4 rings (SSSR count). The largest absolute Gasteiger partial charge is 0.400 e. The average molecular weight is 339 g/mol. The zero-order valence-corrected chi connectivity index (χ0v) is 14.8. The Hall–Kier alpha value is -2.40. The molecule has 5 nitrogen and oxygen atoms in total. The van der Waals surface area contributed by atoms with Gasteiger partial charge in [0.05, 0.1) is 5.69 Å². The van der Waals surface area contributed by atoms with E-state index in [9.17, 15) is 4.79 Å². The highest BCUT2D eigenvalue weighted by Crippen LogP contribution is 2.38. The minimum atomic E-state index is 0.0433. The van der Waals surface area contributed by atoms with Crippen molar-refractivity contribution >= 4 is 11.7 Å². The third-order valence-corrected chi connectivity index (χ3v) is 5.07. The summed E-state index contributed by atoms with van der Waals surface area (Å²) in [5.74, 6) is 0. The van der Waals surface area contributed by atoms with Crippen molar-refractivity contribution < 1.29 is 9.90 Å². The quantitative estimate of drug-likeness (QED) is 0.874. The molecular weight excluding hydrogens is 314 g/mol. The number of nitrogens with one attached hydrogen (secondary N) is 1. The molecule has 2 amide bonds. The molecule has 2 aliphatic rings. The number of rotatable bonds is 2. The maximum absolute atomic E-state index is 12.5. The molecule has 2 aromatic rings. The third-order valence-electron chi connectivity index (χ3n) is 5.07. The van der Waals surface area contributed by atoms with Gasteiger partial charge >= 0.3 is 6.03 Å². The number of benzene rings is 1.